The molecule has 0 unspecified atom stereocenters. The Hall–Kier alpha value is -2.89. The third-order valence-electron chi connectivity index (χ3n) is 3.47. The third-order valence-corrected chi connectivity index (χ3v) is 4.04. The zero-order chi connectivity index (χ0) is 20.1. The molecule has 0 amide bonds. The highest BCUT2D eigenvalue weighted by molar-refractivity contribution is 7.86. The predicted octanol–water partition coefficient (Wildman–Crippen LogP) is 3.12. The second-order valence-electron chi connectivity index (χ2n) is 5.35. The van der Waals surface area contributed by atoms with Crippen molar-refractivity contribution in [2.45, 2.75) is 5.51 Å². The number of rotatable bonds is 0. The molecule has 0 spiro atoms. The van der Waals surface area contributed by atoms with Crippen LogP contribution in [0.4, 0.5) is 13.2 Å². The smallest absolute Gasteiger partial charge is 0.485 e. The van der Waals surface area contributed by atoms with Gasteiger partial charge in [-0.15, -0.1) is 0 Å². The number of fused-ring (bicyclic) bond motifs is 1. The van der Waals surface area contributed by atoms with Gasteiger partial charge >= 0.3 is 5.51 Å². The summed E-state index contributed by atoms with van der Waals surface area (Å²) in [5.41, 5.74) is -2.40. The number of alkyl halides is 3. The molecule has 3 rings (SSSR count). The van der Waals surface area contributed by atoms with E-state index in [2.05, 4.69) is 59.9 Å². The lowest BCUT2D eigenvalue weighted by molar-refractivity contribution is -0.647. The number of aryl methyl sites for hydroxylation is 1. The van der Waals surface area contributed by atoms with Crippen LogP contribution in [0.5, 0.6) is 0 Å². The fourth-order valence-electron chi connectivity index (χ4n) is 2.13. The highest BCUT2D eigenvalue weighted by Gasteiger charge is 2.36. The van der Waals surface area contributed by atoms with E-state index in [9.17, 15) is 13.2 Å². The molecule has 8 heteroatoms. The minimum atomic E-state index is -6.09. The molecule has 0 saturated heterocycles. The van der Waals surface area contributed by atoms with Gasteiger partial charge < -0.3 is 4.55 Å². The zero-order valence-corrected chi connectivity index (χ0v) is 14.9. The van der Waals surface area contributed by atoms with Gasteiger partial charge in [-0.05, 0) is 24.3 Å². The van der Waals surface area contributed by atoms with Crippen molar-refractivity contribution in [1.82, 2.24) is 0 Å². The maximum atomic E-state index is 10.7. The number of nitrogens with zero attached hydrogens (tertiary/aromatic N) is 1. The first kappa shape index (κ1) is 20.4. The minimum Gasteiger partial charge on any atom is -0.741 e. The van der Waals surface area contributed by atoms with E-state index in [0.29, 0.717) is 0 Å². The fourth-order valence-corrected chi connectivity index (χ4v) is 2.13. The monoisotopic (exact) mass is 393 g/mol. The Morgan fingerprint density at radius 2 is 1.44 bits per heavy atom. The number of halogens is 3. The van der Waals surface area contributed by atoms with E-state index in [1.165, 1.54) is 10.9 Å². The lowest BCUT2D eigenvalue weighted by Gasteiger charge is -2.08. The van der Waals surface area contributed by atoms with Crippen LogP contribution in [0, 0.1) is 11.8 Å². The molecule has 4 nitrogen and oxygen atoms in total. The van der Waals surface area contributed by atoms with Crippen molar-refractivity contribution in [3.8, 4) is 11.8 Å². The SMILES string of the molecule is C[n+]1c(C#Cc2ccccc2)ccc2ccccc21.O=S(=O)([O-])C(F)(F)F. The first-order valence-electron chi connectivity index (χ1n) is 7.56. The molecule has 3 aromatic rings. The second-order valence-corrected chi connectivity index (χ2v) is 6.72. The van der Waals surface area contributed by atoms with E-state index >= 15 is 0 Å². The predicted molar refractivity (Wildman–Crippen MR) is 93.3 cm³/mol. The van der Waals surface area contributed by atoms with Gasteiger partial charge in [-0.25, -0.2) is 8.42 Å². The molecule has 1 heterocycles. The highest BCUT2D eigenvalue weighted by atomic mass is 32.2. The molecule has 0 aliphatic carbocycles. The van der Waals surface area contributed by atoms with Crippen molar-refractivity contribution in [3.63, 3.8) is 0 Å². The van der Waals surface area contributed by atoms with Crippen LogP contribution in [-0.4, -0.2) is 18.5 Å². The summed E-state index contributed by atoms with van der Waals surface area (Å²) < 4.78 is 61.0. The average Bonchev–Trinajstić information content (AvgIpc) is 2.61. The summed E-state index contributed by atoms with van der Waals surface area (Å²) >= 11 is 0. The van der Waals surface area contributed by atoms with Gasteiger partial charge in [0.1, 0.15) is 7.05 Å². The minimum absolute atomic E-state index is 1.02. The molecule has 0 aliphatic heterocycles. The Morgan fingerprint density at radius 3 is 2.04 bits per heavy atom. The number of aromatic nitrogens is 1. The molecule has 0 radical (unpaired) electrons. The van der Waals surface area contributed by atoms with Crippen LogP contribution in [0.1, 0.15) is 11.3 Å². The maximum absolute atomic E-state index is 10.7. The van der Waals surface area contributed by atoms with Gasteiger partial charge in [0, 0.05) is 29.0 Å². The van der Waals surface area contributed by atoms with Crippen molar-refractivity contribution < 1.29 is 30.7 Å². The fraction of sp³-hybridized carbons (Fsp3) is 0.105. The van der Waals surface area contributed by atoms with Gasteiger partial charge in [0.15, 0.2) is 10.1 Å². The molecule has 0 aliphatic rings. The average molecular weight is 393 g/mol. The Balaban J connectivity index is 0.000000279. The number of benzene rings is 2. The number of hydrogen-bond acceptors (Lipinski definition) is 3. The topological polar surface area (TPSA) is 61.1 Å². The zero-order valence-electron chi connectivity index (χ0n) is 14.1. The van der Waals surface area contributed by atoms with Gasteiger partial charge in [0.25, 0.3) is 5.69 Å². The number of pyridine rings is 1. The standard InChI is InChI=1S/C18H14N.CHF3O3S/c1-19-17(13-11-15-7-3-2-4-8-15)14-12-16-9-5-6-10-18(16)19;2-1(3,4)8(5,6)7/h2-10,12,14H,1H3;(H,5,6,7)/q+1;/p-1. The lowest BCUT2D eigenvalue weighted by Crippen LogP contribution is -2.33. The molecular weight excluding hydrogens is 379 g/mol. The van der Waals surface area contributed by atoms with Crippen LogP contribution in [0.3, 0.4) is 0 Å². The summed E-state index contributed by atoms with van der Waals surface area (Å²) in [6.07, 6.45) is 0. The van der Waals surface area contributed by atoms with Crippen LogP contribution in [0.25, 0.3) is 10.9 Å². The number of para-hydroxylation sites is 1. The molecule has 27 heavy (non-hydrogen) atoms. The van der Waals surface area contributed by atoms with Crippen LogP contribution in [-0.2, 0) is 17.2 Å². The number of hydrogen-bond donors (Lipinski definition) is 0. The van der Waals surface area contributed by atoms with Crippen LogP contribution in [0.2, 0.25) is 0 Å². The maximum Gasteiger partial charge on any atom is 0.485 e. The Kier molecular flexibility index (Phi) is 6.20. The summed E-state index contributed by atoms with van der Waals surface area (Å²) in [6.45, 7) is 0. The van der Waals surface area contributed by atoms with E-state index in [-0.39, 0.29) is 0 Å². The normalized spacial score (nSPS) is 11.1. The summed E-state index contributed by atoms with van der Waals surface area (Å²) in [7, 11) is -4.04. The summed E-state index contributed by atoms with van der Waals surface area (Å²) in [5, 5.41) is 1.23. The van der Waals surface area contributed by atoms with E-state index in [1.807, 2.05) is 30.3 Å². The molecule has 0 N–H and O–H groups in total. The van der Waals surface area contributed by atoms with E-state index < -0.39 is 15.6 Å². The first-order valence-corrected chi connectivity index (χ1v) is 8.97. The first-order chi connectivity index (χ1) is 12.6. The molecule has 1 aromatic heterocycles. The van der Waals surface area contributed by atoms with E-state index in [0.717, 1.165) is 11.3 Å². The van der Waals surface area contributed by atoms with Crippen molar-refractivity contribution in [2.75, 3.05) is 0 Å². The molecule has 0 atom stereocenters. The van der Waals surface area contributed by atoms with Crippen molar-refractivity contribution in [3.05, 3.63) is 78.0 Å². The van der Waals surface area contributed by atoms with Crippen molar-refractivity contribution in [2.24, 2.45) is 7.05 Å². The van der Waals surface area contributed by atoms with Gasteiger partial charge in [-0.3, -0.25) is 0 Å². The molecule has 140 valence electrons. The molecule has 2 aromatic carbocycles. The highest BCUT2D eigenvalue weighted by Crippen LogP contribution is 2.20. The quantitative estimate of drug-likeness (QED) is 0.255. The summed E-state index contributed by atoms with van der Waals surface area (Å²) in [6, 6.07) is 22.6. The van der Waals surface area contributed by atoms with Crippen molar-refractivity contribution in [1.29, 1.82) is 0 Å². The Labute approximate surface area is 154 Å². The van der Waals surface area contributed by atoms with E-state index in [1.54, 1.807) is 0 Å². The third kappa shape index (κ3) is 5.54. The van der Waals surface area contributed by atoms with Gasteiger partial charge in [-0.1, -0.05) is 36.3 Å². The molecule has 0 saturated carbocycles. The lowest BCUT2D eigenvalue weighted by atomic mass is 10.2. The molecule has 0 bridgehead atoms. The van der Waals surface area contributed by atoms with Gasteiger partial charge in [0.05, 0.1) is 0 Å². The summed E-state index contributed by atoms with van der Waals surface area (Å²) in [4.78, 5) is 0. The molecular formula is C19H14F3NO3S. The van der Waals surface area contributed by atoms with Gasteiger partial charge in [0.2, 0.25) is 5.52 Å². The van der Waals surface area contributed by atoms with Crippen molar-refractivity contribution >= 4 is 21.0 Å². The second kappa shape index (κ2) is 8.20. The van der Waals surface area contributed by atoms with Crippen LogP contribution >= 0.6 is 0 Å². The Bertz CT molecular complexity index is 1100. The largest absolute Gasteiger partial charge is 0.741 e. The van der Waals surface area contributed by atoms with E-state index in [4.69, 9.17) is 13.0 Å². The van der Waals surface area contributed by atoms with Crippen LogP contribution < -0.4 is 4.57 Å². The van der Waals surface area contributed by atoms with Gasteiger partial charge in [-0.2, -0.15) is 17.7 Å². The summed E-state index contributed by atoms with van der Waals surface area (Å²) in [5.74, 6) is 6.43. The molecule has 0 fully saturated rings. The van der Waals surface area contributed by atoms with Crippen LogP contribution in [0.15, 0.2) is 66.7 Å². The Morgan fingerprint density at radius 1 is 0.889 bits per heavy atom.